The van der Waals surface area contributed by atoms with Gasteiger partial charge in [0, 0.05) is 0 Å². The Hall–Kier alpha value is -2.34. The third kappa shape index (κ3) is 3.71. The number of carbonyl (C=O) groups is 1. The average molecular weight is 327 g/mol. The van der Waals surface area contributed by atoms with Crippen LogP contribution in [0.25, 0.3) is 0 Å². The number of hydrogen-bond donors (Lipinski definition) is 0. The minimum Gasteiger partial charge on any atom is -0.463 e. The van der Waals surface area contributed by atoms with Crippen molar-refractivity contribution in [2.24, 2.45) is 10.2 Å². The second-order valence-corrected chi connectivity index (χ2v) is 6.24. The van der Waals surface area contributed by atoms with E-state index in [1.54, 1.807) is 23.3 Å². The zero-order valence-electron chi connectivity index (χ0n) is 12.8. The fourth-order valence-corrected chi connectivity index (χ4v) is 3.28. The molecule has 0 radical (unpaired) electrons. The van der Waals surface area contributed by atoms with Crippen LogP contribution >= 0.6 is 11.8 Å². The molecule has 6 heteroatoms. The summed E-state index contributed by atoms with van der Waals surface area (Å²) in [6.07, 6.45) is 3.89. The van der Waals surface area contributed by atoms with Gasteiger partial charge in [-0.1, -0.05) is 49.0 Å². The summed E-state index contributed by atoms with van der Waals surface area (Å²) in [7, 11) is 0. The highest BCUT2D eigenvalue weighted by atomic mass is 32.2. The van der Waals surface area contributed by atoms with Gasteiger partial charge in [-0.15, -0.1) is 5.10 Å². The highest BCUT2D eigenvalue weighted by Gasteiger charge is 2.36. The summed E-state index contributed by atoms with van der Waals surface area (Å²) < 4.78 is 5.18. The first kappa shape index (κ1) is 15.6. The van der Waals surface area contributed by atoms with Gasteiger partial charge in [0.15, 0.2) is 5.17 Å². The number of carbonyl (C=O) groups excluding carboxylic acids is 1. The Morgan fingerprint density at radius 2 is 2.09 bits per heavy atom. The smallest absolute Gasteiger partial charge is 0.242 e. The van der Waals surface area contributed by atoms with Crippen molar-refractivity contribution in [2.45, 2.75) is 25.1 Å². The maximum absolute atomic E-state index is 12.5. The molecule has 0 spiro atoms. The Morgan fingerprint density at radius 1 is 1.26 bits per heavy atom. The lowest BCUT2D eigenvalue weighted by Crippen LogP contribution is -2.31. The molecule has 1 saturated heterocycles. The highest BCUT2D eigenvalue weighted by Crippen LogP contribution is 2.30. The summed E-state index contributed by atoms with van der Waals surface area (Å²) >= 11 is 1.47. The van der Waals surface area contributed by atoms with Crippen molar-refractivity contribution in [3.05, 3.63) is 60.1 Å². The Labute approximate surface area is 139 Å². The monoisotopic (exact) mass is 327 g/mol. The molecule has 0 unspecified atom stereocenters. The van der Waals surface area contributed by atoms with E-state index >= 15 is 0 Å². The van der Waals surface area contributed by atoms with E-state index in [4.69, 9.17) is 4.42 Å². The van der Waals surface area contributed by atoms with Gasteiger partial charge in [-0.3, -0.25) is 9.69 Å². The molecule has 1 aromatic carbocycles. The zero-order chi connectivity index (χ0) is 16.1. The molecule has 0 N–H and O–H groups in total. The summed E-state index contributed by atoms with van der Waals surface area (Å²) in [5.41, 5.74) is 1.07. The first-order valence-corrected chi connectivity index (χ1v) is 8.32. The van der Waals surface area contributed by atoms with E-state index in [-0.39, 0.29) is 11.2 Å². The van der Waals surface area contributed by atoms with Crippen LogP contribution in [0, 0.1) is 0 Å². The van der Waals surface area contributed by atoms with Crippen molar-refractivity contribution in [1.29, 1.82) is 0 Å². The quantitative estimate of drug-likeness (QED) is 0.623. The molecule has 3 rings (SSSR count). The molecule has 23 heavy (non-hydrogen) atoms. The average Bonchev–Trinajstić information content (AvgIpc) is 3.19. The van der Waals surface area contributed by atoms with Crippen molar-refractivity contribution in [1.82, 2.24) is 4.90 Å². The third-order valence-electron chi connectivity index (χ3n) is 3.45. The Bertz CT molecular complexity index is 711. The van der Waals surface area contributed by atoms with Crippen LogP contribution in [0.5, 0.6) is 0 Å². The Kier molecular flexibility index (Phi) is 4.92. The highest BCUT2D eigenvalue weighted by molar-refractivity contribution is 8.15. The van der Waals surface area contributed by atoms with Gasteiger partial charge in [0.2, 0.25) is 5.91 Å². The van der Waals surface area contributed by atoms with Crippen LogP contribution in [0.15, 0.2) is 63.3 Å². The van der Waals surface area contributed by atoms with Gasteiger partial charge in [0.1, 0.15) is 5.76 Å². The molecule has 118 valence electrons. The number of rotatable bonds is 5. The number of amidine groups is 1. The minimum absolute atomic E-state index is 0.0868. The van der Waals surface area contributed by atoms with Gasteiger partial charge in [-0.05, 0) is 24.1 Å². The second-order valence-electron chi connectivity index (χ2n) is 5.07. The van der Waals surface area contributed by atoms with E-state index < -0.39 is 0 Å². The van der Waals surface area contributed by atoms with E-state index in [2.05, 4.69) is 10.2 Å². The minimum atomic E-state index is -0.0868. The Balaban J connectivity index is 1.79. The predicted molar refractivity (Wildman–Crippen MR) is 92.4 cm³/mol. The third-order valence-corrected chi connectivity index (χ3v) is 4.78. The van der Waals surface area contributed by atoms with E-state index in [0.29, 0.717) is 17.5 Å². The van der Waals surface area contributed by atoms with Crippen LogP contribution in [-0.2, 0) is 11.3 Å². The van der Waals surface area contributed by atoms with Crippen molar-refractivity contribution >= 4 is 29.1 Å². The predicted octanol–water partition coefficient (Wildman–Crippen LogP) is 3.52. The fraction of sp³-hybridized carbons (Fsp3) is 0.235. The lowest BCUT2D eigenvalue weighted by Gasteiger charge is -2.15. The first-order valence-electron chi connectivity index (χ1n) is 7.44. The number of hydrogen-bond acceptors (Lipinski definition) is 5. The summed E-state index contributed by atoms with van der Waals surface area (Å²) in [5.74, 6) is 0.721. The number of benzene rings is 1. The van der Waals surface area contributed by atoms with E-state index in [0.717, 1.165) is 12.0 Å². The molecule has 0 bridgehead atoms. The van der Waals surface area contributed by atoms with Gasteiger partial charge in [0.05, 0.1) is 24.3 Å². The molecular weight excluding hydrogens is 310 g/mol. The van der Waals surface area contributed by atoms with Crippen LogP contribution in [0.4, 0.5) is 0 Å². The number of nitrogens with zero attached hydrogens (tertiary/aromatic N) is 3. The number of furan rings is 1. The normalized spacial score (nSPS) is 20.0. The SMILES string of the molecule is CC[C@@H]1S/C(=N/N=C\c2ccco2)N(Cc2ccccc2)C1=O. The van der Waals surface area contributed by atoms with Crippen molar-refractivity contribution in [2.75, 3.05) is 0 Å². The molecule has 1 aliphatic heterocycles. The molecule has 5 nitrogen and oxygen atoms in total. The summed E-state index contributed by atoms with van der Waals surface area (Å²) in [6, 6.07) is 13.5. The van der Waals surface area contributed by atoms with E-state index in [1.807, 2.05) is 37.3 Å². The van der Waals surface area contributed by atoms with Gasteiger partial charge < -0.3 is 4.42 Å². The van der Waals surface area contributed by atoms with Crippen LogP contribution in [-0.4, -0.2) is 27.4 Å². The van der Waals surface area contributed by atoms with Crippen LogP contribution in [0.2, 0.25) is 0 Å². The second kappa shape index (κ2) is 7.28. The molecule has 1 aromatic heterocycles. The molecule has 1 aliphatic rings. The number of amides is 1. The maximum Gasteiger partial charge on any atom is 0.242 e. The van der Waals surface area contributed by atoms with Gasteiger partial charge >= 0.3 is 0 Å². The summed E-state index contributed by atoms with van der Waals surface area (Å²) in [5, 5.41) is 8.81. The van der Waals surface area contributed by atoms with Gasteiger partial charge in [-0.25, -0.2) is 0 Å². The summed E-state index contributed by atoms with van der Waals surface area (Å²) in [6.45, 7) is 2.52. The molecule has 2 heterocycles. The number of thioether (sulfide) groups is 1. The van der Waals surface area contributed by atoms with Gasteiger partial charge in [0.25, 0.3) is 0 Å². The van der Waals surface area contributed by atoms with Crippen LogP contribution < -0.4 is 0 Å². The van der Waals surface area contributed by atoms with Crippen molar-refractivity contribution in [3.8, 4) is 0 Å². The summed E-state index contributed by atoms with van der Waals surface area (Å²) in [4.78, 5) is 14.2. The molecular formula is C17H17N3O2S. The lowest BCUT2D eigenvalue weighted by atomic mass is 10.2. The largest absolute Gasteiger partial charge is 0.463 e. The van der Waals surface area contributed by atoms with Crippen LogP contribution in [0.1, 0.15) is 24.7 Å². The van der Waals surface area contributed by atoms with Gasteiger partial charge in [-0.2, -0.15) is 5.10 Å². The van der Waals surface area contributed by atoms with E-state index in [1.165, 1.54) is 18.0 Å². The maximum atomic E-state index is 12.5. The zero-order valence-corrected chi connectivity index (χ0v) is 13.6. The molecule has 0 aliphatic carbocycles. The van der Waals surface area contributed by atoms with Crippen LogP contribution in [0.3, 0.4) is 0 Å². The van der Waals surface area contributed by atoms with Crippen molar-refractivity contribution < 1.29 is 9.21 Å². The topological polar surface area (TPSA) is 58.2 Å². The molecule has 1 fully saturated rings. The van der Waals surface area contributed by atoms with Crippen molar-refractivity contribution in [3.63, 3.8) is 0 Å². The van der Waals surface area contributed by atoms with E-state index in [9.17, 15) is 4.79 Å². The fourth-order valence-electron chi connectivity index (χ4n) is 2.26. The molecule has 1 atom stereocenters. The molecule has 1 amide bonds. The molecule has 0 saturated carbocycles. The first-order chi connectivity index (χ1) is 11.3. The standard InChI is InChI=1S/C17H17N3O2S/c1-2-15-16(21)20(12-13-7-4-3-5-8-13)17(23-15)19-18-11-14-9-6-10-22-14/h3-11,15H,2,12H2,1H3/b18-11-,19-17+/t15-/m0/s1. The molecule has 2 aromatic rings. The Morgan fingerprint density at radius 3 is 2.78 bits per heavy atom. The lowest BCUT2D eigenvalue weighted by molar-refractivity contribution is -0.126.